The molecule has 0 aliphatic rings. The Bertz CT molecular complexity index is 1230. The number of carbonyl (C=O) groups is 2. The lowest BCUT2D eigenvalue weighted by Gasteiger charge is -2.14. The normalized spacial score (nSPS) is 11.3. The fourth-order valence-corrected chi connectivity index (χ4v) is 3.38. The fourth-order valence-electron chi connectivity index (χ4n) is 3.38. The Hall–Kier alpha value is -4.03. The number of amides is 2. The van der Waals surface area contributed by atoms with Gasteiger partial charge in [-0.3, -0.25) is 14.0 Å². The van der Waals surface area contributed by atoms with Gasteiger partial charge in [-0.05, 0) is 55.2 Å². The summed E-state index contributed by atoms with van der Waals surface area (Å²) in [7, 11) is 0. The molecule has 13 heteroatoms. The molecule has 2 aromatic carbocycles. The van der Waals surface area contributed by atoms with Crippen molar-refractivity contribution in [1.82, 2.24) is 25.6 Å². The second-order valence-electron chi connectivity index (χ2n) is 8.29. The van der Waals surface area contributed by atoms with Crippen molar-refractivity contribution in [3.63, 3.8) is 0 Å². The molecule has 2 N–H and O–H groups in total. The van der Waals surface area contributed by atoms with Crippen LogP contribution in [-0.4, -0.2) is 52.8 Å². The number of unbranched alkanes of at least 4 members (excludes halogenated alkanes) is 3. The number of benzene rings is 2. The van der Waals surface area contributed by atoms with Gasteiger partial charge in [0.15, 0.2) is 5.69 Å². The van der Waals surface area contributed by atoms with E-state index in [4.69, 9.17) is 4.74 Å². The van der Waals surface area contributed by atoms with E-state index in [1.165, 1.54) is 47.3 Å². The zero-order chi connectivity index (χ0) is 27.5. The number of hydrogen-bond donors (Lipinski definition) is 2. The van der Waals surface area contributed by atoms with Crippen LogP contribution in [0.2, 0.25) is 0 Å². The van der Waals surface area contributed by atoms with Crippen molar-refractivity contribution in [2.75, 3.05) is 19.8 Å². The smallest absolute Gasteiger partial charge is 0.405 e. The van der Waals surface area contributed by atoms with Gasteiger partial charge < -0.3 is 15.4 Å². The van der Waals surface area contributed by atoms with Crippen LogP contribution in [0.25, 0.3) is 5.69 Å². The van der Waals surface area contributed by atoms with E-state index in [1.54, 1.807) is 11.4 Å². The minimum absolute atomic E-state index is 0.0504. The predicted molar refractivity (Wildman–Crippen MR) is 127 cm³/mol. The molecule has 3 aromatic rings. The quantitative estimate of drug-likeness (QED) is 0.246. The van der Waals surface area contributed by atoms with Gasteiger partial charge in [-0.15, -0.1) is 5.10 Å². The van der Waals surface area contributed by atoms with Gasteiger partial charge in [-0.2, -0.15) is 13.2 Å². The van der Waals surface area contributed by atoms with E-state index in [9.17, 15) is 31.5 Å². The molecular formula is C25H26F5N5O3. The zero-order valence-electron chi connectivity index (χ0n) is 20.2. The van der Waals surface area contributed by atoms with Crippen LogP contribution >= 0.6 is 0 Å². The van der Waals surface area contributed by atoms with Crippen molar-refractivity contribution in [3.05, 3.63) is 71.3 Å². The van der Waals surface area contributed by atoms with Crippen LogP contribution in [0.1, 0.15) is 52.1 Å². The summed E-state index contributed by atoms with van der Waals surface area (Å²) in [5, 5.41) is 12.2. The van der Waals surface area contributed by atoms with Gasteiger partial charge in [0.25, 0.3) is 11.8 Å². The minimum atomic E-state index is -4.57. The Balaban J connectivity index is 1.74. The van der Waals surface area contributed by atoms with E-state index < -0.39 is 37.0 Å². The van der Waals surface area contributed by atoms with Crippen molar-refractivity contribution < 1.29 is 36.3 Å². The van der Waals surface area contributed by atoms with Gasteiger partial charge in [0.1, 0.15) is 23.8 Å². The fraction of sp³-hybridized carbons (Fsp3) is 0.360. The molecule has 0 aliphatic carbocycles. The van der Waals surface area contributed by atoms with Gasteiger partial charge in [0.2, 0.25) is 0 Å². The van der Waals surface area contributed by atoms with Crippen LogP contribution in [0.15, 0.2) is 48.7 Å². The highest BCUT2D eigenvalue weighted by molar-refractivity contribution is 5.95. The third-order valence-electron chi connectivity index (χ3n) is 5.27. The second-order valence-corrected chi connectivity index (χ2v) is 8.29. The third kappa shape index (κ3) is 8.82. The monoisotopic (exact) mass is 539 g/mol. The van der Waals surface area contributed by atoms with Crippen LogP contribution < -0.4 is 15.4 Å². The highest BCUT2D eigenvalue weighted by atomic mass is 19.4. The number of nitrogens with zero attached hydrogens (tertiary/aromatic N) is 3. The van der Waals surface area contributed by atoms with Crippen LogP contribution in [0, 0.1) is 5.82 Å². The second kappa shape index (κ2) is 13.5. The Kier molecular flexibility index (Phi) is 10.1. The molecule has 0 saturated heterocycles. The Morgan fingerprint density at radius 1 is 0.974 bits per heavy atom. The molecule has 0 fully saturated rings. The van der Waals surface area contributed by atoms with E-state index in [0.717, 1.165) is 0 Å². The standard InChI is InChI=1S/C25H26F5N5O3/c26-10-3-1-2-4-11-38-22-13-18(23(36)32-16-25(28,29)30)8-9-21(22)35-15-20(33-34-35)24(37)31-14-17-6-5-7-19(27)12-17/h5-9,12-13,15H,1-4,10-11,14,16H2,(H,31,37)(H,32,36). The highest BCUT2D eigenvalue weighted by Gasteiger charge is 2.28. The first-order valence-electron chi connectivity index (χ1n) is 11.8. The van der Waals surface area contributed by atoms with Gasteiger partial charge >= 0.3 is 6.18 Å². The highest BCUT2D eigenvalue weighted by Crippen LogP contribution is 2.25. The van der Waals surface area contributed by atoms with E-state index in [2.05, 4.69) is 15.6 Å². The number of carbonyl (C=O) groups excluding carboxylic acids is 2. The largest absolute Gasteiger partial charge is 0.491 e. The lowest BCUT2D eigenvalue weighted by atomic mass is 10.1. The summed E-state index contributed by atoms with van der Waals surface area (Å²) in [6.07, 6.45) is -0.874. The molecule has 38 heavy (non-hydrogen) atoms. The number of nitrogens with one attached hydrogen (secondary N) is 2. The molecule has 8 nitrogen and oxygen atoms in total. The van der Waals surface area contributed by atoms with Gasteiger partial charge in [-0.25, -0.2) is 9.07 Å². The molecule has 0 aliphatic heterocycles. The molecule has 0 bridgehead atoms. The molecule has 204 valence electrons. The number of aromatic nitrogens is 3. The maximum absolute atomic E-state index is 13.3. The summed E-state index contributed by atoms with van der Waals surface area (Å²) < 4.78 is 70.1. The van der Waals surface area contributed by atoms with Crippen molar-refractivity contribution in [1.29, 1.82) is 0 Å². The van der Waals surface area contributed by atoms with Crippen LogP contribution in [0.4, 0.5) is 22.0 Å². The summed E-state index contributed by atoms with van der Waals surface area (Å²) in [6, 6.07) is 9.70. The van der Waals surface area contributed by atoms with Gasteiger partial charge in [-0.1, -0.05) is 23.8 Å². The maximum Gasteiger partial charge on any atom is 0.405 e. The first-order valence-corrected chi connectivity index (χ1v) is 11.8. The predicted octanol–water partition coefficient (Wildman–Crippen LogP) is 4.54. The number of ether oxygens (including phenoxy) is 1. The lowest BCUT2D eigenvalue weighted by molar-refractivity contribution is -0.123. The number of halogens is 5. The molecule has 3 rings (SSSR count). The van der Waals surface area contributed by atoms with Crippen molar-refractivity contribution in [3.8, 4) is 11.4 Å². The average molecular weight is 540 g/mol. The lowest BCUT2D eigenvalue weighted by Crippen LogP contribution is -2.33. The molecule has 1 aromatic heterocycles. The maximum atomic E-state index is 13.3. The summed E-state index contributed by atoms with van der Waals surface area (Å²) in [6.45, 7) is -1.65. The van der Waals surface area contributed by atoms with E-state index in [0.29, 0.717) is 31.2 Å². The van der Waals surface area contributed by atoms with Crippen LogP contribution in [0.5, 0.6) is 5.75 Å². The molecule has 0 unspecified atom stereocenters. The molecular weight excluding hydrogens is 513 g/mol. The number of rotatable bonds is 13. The first-order chi connectivity index (χ1) is 18.2. The van der Waals surface area contributed by atoms with Gasteiger partial charge in [0.05, 0.1) is 19.5 Å². The molecule has 0 radical (unpaired) electrons. The SMILES string of the molecule is O=C(NCC(F)(F)F)c1ccc(-n2cc(C(=O)NCc3cccc(F)c3)nn2)c(OCCCCCCF)c1. The zero-order valence-corrected chi connectivity index (χ0v) is 20.2. The molecule has 0 atom stereocenters. The van der Waals surface area contributed by atoms with Crippen LogP contribution in [-0.2, 0) is 6.54 Å². The van der Waals surface area contributed by atoms with Crippen molar-refractivity contribution in [2.45, 2.75) is 38.4 Å². The summed E-state index contributed by atoms with van der Waals surface area (Å²) >= 11 is 0. The van der Waals surface area contributed by atoms with E-state index in [-0.39, 0.29) is 35.8 Å². The Labute approximate surface area is 215 Å². The third-order valence-corrected chi connectivity index (χ3v) is 5.27. The molecule has 2 amide bonds. The Morgan fingerprint density at radius 2 is 1.76 bits per heavy atom. The minimum Gasteiger partial charge on any atom is -0.491 e. The van der Waals surface area contributed by atoms with Crippen LogP contribution in [0.3, 0.4) is 0 Å². The average Bonchev–Trinajstić information content (AvgIpc) is 3.37. The topological polar surface area (TPSA) is 98.1 Å². The van der Waals surface area contributed by atoms with E-state index in [1.807, 2.05) is 0 Å². The molecule has 1 heterocycles. The first kappa shape index (κ1) is 28.5. The summed E-state index contributed by atoms with van der Waals surface area (Å²) in [5.74, 6) is -1.82. The summed E-state index contributed by atoms with van der Waals surface area (Å²) in [5.41, 5.74) is 0.717. The number of hydrogen-bond acceptors (Lipinski definition) is 5. The Morgan fingerprint density at radius 3 is 2.50 bits per heavy atom. The molecule has 0 spiro atoms. The number of alkyl halides is 4. The summed E-state index contributed by atoms with van der Waals surface area (Å²) in [4.78, 5) is 24.7. The van der Waals surface area contributed by atoms with Crippen molar-refractivity contribution >= 4 is 11.8 Å². The van der Waals surface area contributed by atoms with E-state index >= 15 is 0 Å². The van der Waals surface area contributed by atoms with Gasteiger partial charge in [0, 0.05) is 12.1 Å². The molecule has 0 saturated carbocycles. The van der Waals surface area contributed by atoms with Crippen molar-refractivity contribution in [2.24, 2.45) is 0 Å².